The first-order chi connectivity index (χ1) is 14.0. The van der Waals surface area contributed by atoms with Crippen molar-refractivity contribution in [1.29, 1.82) is 0 Å². The van der Waals surface area contributed by atoms with Gasteiger partial charge in [-0.25, -0.2) is 0 Å². The smallest absolute Gasteiger partial charge is 0.246 e. The summed E-state index contributed by atoms with van der Waals surface area (Å²) in [5.41, 5.74) is 1.40. The van der Waals surface area contributed by atoms with Crippen molar-refractivity contribution in [2.45, 2.75) is 62.3 Å². The first kappa shape index (κ1) is 18.6. The molecule has 152 valence electrons. The van der Waals surface area contributed by atoms with Gasteiger partial charge in [-0.1, -0.05) is 60.9 Å². The van der Waals surface area contributed by atoms with E-state index in [1.165, 1.54) is 5.56 Å². The summed E-state index contributed by atoms with van der Waals surface area (Å²) in [6.07, 6.45) is 9.86. The zero-order valence-electron chi connectivity index (χ0n) is 16.8. The fourth-order valence-electron chi connectivity index (χ4n) is 5.82. The fourth-order valence-corrected chi connectivity index (χ4v) is 5.82. The van der Waals surface area contributed by atoms with E-state index in [4.69, 9.17) is 4.74 Å². The van der Waals surface area contributed by atoms with Crippen LogP contribution in [0.3, 0.4) is 0 Å². The van der Waals surface area contributed by atoms with Crippen molar-refractivity contribution in [2.75, 3.05) is 6.54 Å². The molecule has 2 saturated heterocycles. The lowest BCUT2D eigenvalue weighted by atomic mass is 9.72. The van der Waals surface area contributed by atoms with Gasteiger partial charge in [-0.05, 0) is 25.3 Å². The van der Waals surface area contributed by atoms with Gasteiger partial charge in [0.15, 0.2) is 0 Å². The summed E-state index contributed by atoms with van der Waals surface area (Å²) < 4.78 is 6.46. The summed E-state index contributed by atoms with van der Waals surface area (Å²) in [5, 5.41) is 3.20. The highest BCUT2D eigenvalue weighted by atomic mass is 16.5. The van der Waals surface area contributed by atoms with Crippen LogP contribution in [-0.4, -0.2) is 47.0 Å². The van der Waals surface area contributed by atoms with Crippen molar-refractivity contribution in [2.24, 2.45) is 5.92 Å². The number of ether oxygens (including phenoxy) is 1. The molecule has 3 aliphatic heterocycles. The van der Waals surface area contributed by atoms with Gasteiger partial charge >= 0.3 is 0 Å². The number of hydrogen-bond donors (Lipinski definition) is 1. The Morgan fingerprint density at radius 1 is 1.31 bits per heavy atom. The maximum Gasteiger partial charge on any atom is 0.246 e. The largest absolute Gasteiger partial charge is 0.359 e. The number of rotatable bonds is 5. The van der Waals surface area contributed by atoms with E-state index in [2.05, 4.69) is 43.1 Å². The number of nitrogens with zero attached hydrogens (tertiary/aromatic N) is 1. The molecule has 0 unspecified atom stereocenters. The third kappa shape index (κ3) is 2.71. The van der Waals surface area contributed by atoms with Crippen molar-refractivity contribution in [1.82, 2.24) is 10.2 Å². The number of aryl methyl sites for hydroxylation is 1. The maximum absolute atomic E-state index is 13.5. The summed E-state index contributed by atoms with van der Waals surface area (Å²) >= 11 is 0. The molecule has 5 atom stereocenters. The molecule has 2 bridgehead atoms. The van der Waals surface area contributed by atoms with Crippen LogP contribution in [0.15, 0.2) is 49.1 Å². The van der Waals surface area contributed by atoms with Gasteiger partial charge < -0.3 is 15.0 Å². The van der Waals surface area contributed by atoms with Crippen LogP contribution in [0, 0.1) is 12.8 Å². The second kappa shape index (κ2) is 6.84. The monoisotopic (exact) mass is 392 g/mol. The Balaban J connectivity index is 1.52. The minimum atomic E-state index is -0.886. The van der Waals surface area contributed by atoms with Gasteiger partial charge in [0.05, 0.1) is 12.0 Å². The molecule has 1 aromatic rings. The molecule has 29 heavy (non-hydrogen) atoms. The topological polar surface area (TPSA) is 58.6 Å². The Bertz CT molecular complexity index is 871. The maximum atomic E-state index is 13.5. The molecule has 1 aromatic carbocycles. The molecule has 3 heterocycles. The second-order valence-corrected chi connectivity index (χ2v) is 8.88. The van der Waals surface area contributed by atoms with Crippen molar-refractivity contribution in [3.8, 4) is 0 Å². The van der Waals surface area contributed by atoms with E-state index in [0.29, 0.717) is 6.54 Å². The molecule has 5 nitrogen and oxygen atoms in total. The highest BCUT2D eigenvalue weighted by molar-refractivity contribution is 5.97. The lowest BCUT2D eigenvalue weighted by Crippen LogP contribution is -2.56. The molecule has 3 fully saturated rings. The summed E-state index contributed by atoms with van der Waals surface area (Å²) in [4.78, 5) is 28.6. The van der Waals surface area contributed by atoms with Gasteiger partial charge in [-0.15, -0.1) is 6.58 Å². The van der Waals surface area contributed by atoms with Crippen LogP contribution in [0.2, 0.25) is 0 Å². The normalized spacial score (nSPS) is 35.3. The number of fused-ring (bicyclic) bond motifs is 1. The van der Waals surface area contributed by atoms with Crippen LogP contribution in [0.1, 0.15) is 42.7 Å². The number of benzene rings is 1. The number of nitrogens with one attached hydrogen (secondary N) is 1. The molecular weight excluding hydrogens is 364 g/mol. The van der Waals surface area contributed by atoms with Gasteiger partial charge in [0.2, 0.25) is 11.8 Å². The highest BCUT2D eigenvalue weighted by Crippen LogP contribution is 2.58. The van der Waals surface area contributed by atoms with Crippen molar-refractivity contribution in [3.63, 3.8) is 0 Å². The van der Waals surface area contributed by atoms with E-state index in [-0.39, 0.29) is 35.8 Å². The van der Waals surface area contributed by atoms with Gasteiger partial charge in [-0.2, -0.15) is 0 Å². The molecule has 2 amide bonds. The average molecular weight is 392 g/mol. The molecule has 0 radical (unpaired) electrons. The Kier molecular flexibility index (Phi) is 4.39. The number of likely N-dealkylation sites (tertiary alicyclic amines) is 1. The van der Waals surface area contributed by atoms with Crippen molar-refractivity contribution < 1.29 is 14.3 Å². The lowest BCUT2D eigenvalue weighted by Gasteiger charge is -2.32. The third-order valence-corrected chi connectivity index (χ3v) is 7.11. The SMILES string of the molecule is C=CCN1C(=O)[C@@H]2[C@@H](c3ccc(C)cc3)[C@@H]3C=C[C@@]2(O3)[C@H]1C(=O)NC1CCCC1. The molecule has 1 aliphatic carbocycles. The van der Waals surface area contributed by atoms with Crippen LogP contribution >= 0.6 is 0 Å². The minimum Gasteiger partial charge on any atom is -0.359 e. The van der Waals surface area contributed by atoms with Crippen LogP contribution in [-0.2, 0) is 14.3 Å². The summed E-state index contributed by atoms with van der Waals surface area (Å²) in [5.74, 6) is -0.539. The van der Waals surface area contributed by atoms with Crippen LogP contribution in [0.5, 0.6) is 0 Å². The molecule has 1 N–H and O–H groups in total. The number of carbonyl (C=O) groups is 2. The molecule has 1 saturated carbocycles. The Morgan fingerprint density at radius 2 is 2.03 bits per heavy atom. The number of amides is 2. The first-order valence-electron chi connectivity index (χ1n) is 10.7. The summed E-state index contributed by atoms with van der Waals surface area (Å²) in [6, 6.07) is 7.88. The second-order valence-electron chi connectivity index (χ2n) is 8.88. The summed E-state index contributed by atoms with van der Waals surface area (Å²) in [7, 11) is 0. The van der Waals surface area contributed by atoms with E-state index in [1.54, 1.807) is 11.0 Å². The zero-order valence-corrected chi connectivity index (χ0v) is 16.8. The number of hydrogen-bond acceptors (Lipinski definition) is 3. The highest BCUT2D eigenvalue weighted by Gasteiger charge is 2.71. The van der Waals surface area contributed by atoms with E-state index >= 15 is 0 Å². The zero-order chi connectivity index (χ0) is 20.2. The molecule has 5 heteroatoms. The molecule has 0 aromatic heterocycles. The summed E-state index contributed by atoms with van der Waals surface area (Å²) in [6.45, 7) is 6.21. The Hall–Kier alpha value is -2.40. The number of carbonyl (C=O) groups excluding carboxylic acids is 2. The molecule has 4 aliphatic rings. The van der Waals surface area contributed by atoms with E-state index in [1.807, 2.05) is 12.2 Å². The average Bonchev–Trinajstić information content (AvgIpc) is 3.46. The predicted octanol–water partition coefficient (Wildman–Crippen LogP) is 2.86. The third-order valence-electron chi connectivity index (χ3n) is 7.11. The van der Waals surface area contributed by atoms with Crippen molar-refractivity contribution >= 4 is 11.8 Å². The van der Waals surface area contributed by atoms with E-state index in [0.717, 1.165) is 31.2 Å². The molecule has 5 rings (SSSR count). The van der Waals surface area contributed by atoms with Crippen LogP contribution in [0.25, 0.3) is 0 Å². The quantitative estimate of drug-likeness (QED) is 0.784. The van der Waals surface area contributed by atoms with Crippen LogP contribution < -0.4 is 5.32 Å². The van der Waals surface area contributed by atoms with E-state index in [9.17, 15) is 9.59 Å². The Labute approximate surface area is 171 Å². The predicted molar refractivity (Wildman–Crippen MR) is 110 cm³/mol. The fraction of sp³-hybridized carbons (Fsp3) is 0.500. The molecule has 1 spiro atoms. The standard InChI is InChI=1S/C24H28N2O3/c1-3-14-26-21(22(27)25-17-6-4-5-7-17)24-13-12-18(29-24)19(20(24)23(26)28)16-10-8-15(2)9-11-16/h3,8-13,17-21H,1,4-7,14H2,2H3,(H,25,27)/t18-,19-,20-,21+,24-/m0/s1. The van der Waals surface area contributed by atoms with E-state index < -0.39 is 11.6 Å². The van der Waals surface area contributed by atoms with Crippen molar-refractivity contribution in [3.05, 3.63) is 60.2 Å². The first-order valence-corrected chi connectivity index (χ1v) is 10.7. The van der Waals surface area contributed by atoms with Gasteiger partial charge in [-0.3, -0.25) is 9.59 Å². The van der Waals surface area contributed by atoms with Gasteiger partial charge in [0, 0.05) is 18.5 Å². The molecular formula is C24H28N2O3. The Morgan fingerprint density at radius 3 is 2.72 bits per heavy atom. The van der Waals surface area contributed by atoms with Crippen LogP contribution in [0.4, 0.5) is 0 Å². The van der Waals surface area contributed by atoms with Gasteiger partial charge in [0.1, 0.15) is 11.6 Å². The lowest BCUT2D eigenvalue weighted by molar-refractivity contribution is -0.139. The van der Waals surface area contributed by atoms with Gasteiger partial charge in [0.25, 0.3) is 0 Å². The minimum absolute atomic E-state index is 0.00565.